The fourth-order valence-electron chi connectivity index (χ4n) is 2.99. The zero-order valence-corrected chi connectivity index (χ0v) is 17.3. The van der Waals surface area contributed by atoms with Crippen LogP contribution >= 0.6 is 23.2 Å². The van der Waals surface area contributed by atoms with E-state index in [1.165, 1.54) is 12.1 Å². The van der Waals surface area contributed by atoms with Crippen LogP contribution in [0.5, 0.6) is 0 Å². The van der Waals surface area contributed by atoms with E-state index in [-0.39, 0.29) is 32.6 Å². The summed E-state index contributed by atoms with van der Waals surface area (Å²) in [5.74, 6) is -0.111. The molecule has 0 saturated carbocycles. The number of aromatic nitrogens is 1. The molecule has 0 bridgehead atoms. The highest BCUT2D eigenvalue weighted by atomic mass is 35.5. The fourth-order valence-corrected chi connectivity index (χ4v) is 4.58. The summed E-state index contributed by atoms with van der Waals surface area (Å²) in [5.41, 5.74) is 1.26. The number of amides is 1. The van der Waals surface area contributed by atoms with Crippen molar-refractivity contribution in [3.05, 3.63) is 68.1 Å². The summed E-state index contributed by atoms with van der Waals surface area (Å²) >= 11 is 12.1. The minimum Gasteiger partial charge on any atom is -0.350 e. The summed E-state index contributed by atoms with van der Waals surface area (Å²) in [7, 11) is -3.46. The highest BCUT2D eigenvalue weighted by Gasteiger charge is 2.22. The minimum atomic E-state index is -3.46. The molecule has 1 aromatic carbocycles. The first-order valence-electron chi connectivity index (χ1n) is 8.64. The number of carbonyl (C=O) groups excluding carboxylic acids is 1. The molecule has 0 spiro atoms. The average Bonchev–Trinajstić information content (AvgIpc) is 3.07. The highest BCUT2D eigenvalue weighted by molar-refractivity contribution is 7.91. The van der Waals surface area contributed by atoms with Crippen LogP contribution in [-0.2, 0) is 14.6 Å². The van der Waals surface area contributed by atoms with E-state index in [1.54, 1.807) is 25.1 Å². The molecule has 1 aliphatic heterocycles. The van der Waals surface area contributed by atoms with Crippen molar-refractivity contribution >= 4 is 44.5 Å². The Bertz CT molecular complexity index is 1120. The van der Waals surface area contributed by atoms with Crippen LogP contribution in [0.1, 0.15) is 31.0 Å². The molecular weight excluding hydrogens is 423 g/mol. The molecule has 1 amide bonds. The third-order valence-electron chi connectivity index (χ3n) is 4.51. The molecular formula is C19H18Cl2N2O4S. The van der Waals surface area contributed by atoms with Crippen LogP contribution in [-0.4, -0.2) is 31.1 Å². The standard InChI is InChI=1S/C19H18Cl2N2O4S/c1-2-28(26,27)17-7-3-11(9-15(17)21)13(10-12-4-8-18(24)22-12)16-6-5-14(20)19(25)23-16/h3,5-7,9-10,12H,2,4,8H2,1H3,(H,22,24)(H,23,25)/b13-10-/t12-/m1/s1. The van der Waals surface area contributed by atoms with Gasteiger partial charge in [-0.15, -0.1) is 0 Å². The van der Waals surface area contributed by atoms with Gasteiger partial charge in [0, 0.05) is 23.7 Å². The fraction of sp³-hybridized carbons (Fsp3) is 0.263. The van der Waals surface area contributed by atoms with E-state index in [1.807, 2.05) is 6.08 Å². The summed E-state index contributed by atoms with van der Waals surface area (Å²) in [6, 6.07) is 7.54. The van der Waals surface area contributed by atoms with Crippen LogP contribution in [0.2, 0.25) is 10.0 Å². The molecule has 2 N–H and O–H groups in total. The van der Waals surface area contributed by atoms with E-state index in [2.05, 4.69) is 10.3 Å². The van der Waals surface area contributed by atoms with Gasteiger partial charge in [-0.2, -0.15) is 0 Å². The van der Waals surface area contributed by atoms with Gasteiger partial charge in [0.25, 0.3) is 5.56 Å². The molecule has 2 aromatic rings. The Kier molecular flexibility index (Phi) is 5.98. The summed E-state index contributed by atoms with van der Waals surface area (Å²) in [5, 5.41) is 3.00. The number of rotatable bonds is 5. The third kappa shape index (κ3) is 4.32. The normalized spacial score (nSPS) is 17.6. The highest BCUT2D eigenvalue weighted by Crippen LogP contribution is 2.30. The lowest BCUT2D eigenvalue weighted by Gasteiger charge is -2.14. The number of hydrogen-bond acceptors (Lipinski definition) is 4. The van der Waals surface area contributed by atoms with E-state index >= 15 is 0 Å². The molecule has 148 valence electrons. The predicted octanol–water partition coefficient (Wildman–Crippen LogP) is 3.19. The predicted molar refractivity (Wildman–Crippen MR) is 109 cm³/mol. The molecule has 1 saturated heterocycles. The number of carbonyl (C=O) groups is 1. The molecule has 0 unspecified atom stereocenters. The Labute approximate surface area is 172 Å². The molecule has 0 radical (unpaired) electrons. The number of halogens is 2. The average molecular weight is 441 g/mol. The van der Waals surface area contributed by atoms with Crippen LogP contribution in [0.15, 0.2) is 46.1 Å². The van der Waals surface area contributed by atoms with Crippen molar-refractivity contribution in [3.8, 4) is 0 Å². The van der Waals surface area contributed by atoms with Gasteiger partial charge >= 0.3 is 0 Å². The van der Waals surface area contributed by atoms with Crippen molar-refractivity contribution in [1.82, 2.24) is 10.3 Å². The van der Waals surface area contributed by atoms with Crippen molar-refractivity contribution in [2.45, 2.75) is 30.7 Å². The van der Waals surface area contributed by atoms with Gasteiger partial charge in [-0.25, -0.2) is 8.42 Å². The minimum absolute atomic E-state index is 0.0485. The SMILES string of the molecule is CCS(=O)(=O)c1ccc(/C(=C/[C@H]2CCC(=O)N2)c2ccc(Cl)c(=O)[nH]2)cc1Cl. The number of nitrogens with one attached hydrogen (secondary N) is 2. The van der Waals surface area contributed by atoms with Crippen molar-refractivity contribution in [1.29, 1.82) is 0 Å². The number of H-pyrrole nitrogens is 1. The van der Waals surface area contributed by atoms with E-state index in [0.29, 0.717) is 29.7 Å². The van der Waals surface area contributed by atoms with Gasteiger partial charge in [0.1, 0.15) is 5.02 Å². The quantitative estimate of drug-likeness (QED) is 0.745. The van der Waals surface area contributed by atoms with Gasteiger partial charge in [0.05, 0.1) is 15.7 Å². The number of hydrogen-bond donors (Lipinski definition) is 2. The molecule has 6 nitrogen and oxygen atoms in total. The van der Waals surface area contributed by atoms with Crippen molar-refractivity contribution in [2.24, 2.45) is 0 Å². The van der Waals surface area contributed by atoms with Crippen LogP contribution in [0.4, 0.5) is 0 Å². The Balaban J connectivity index is 2.12. The summed E-state index contributed by atoms with van der Waals surface area (Å²) in [4.78, 5) is 26.3. The molecule has 2 heterocycles. The smallest absolute Gasteiger partial charge is 0.267 e. The third-order valence-corrected chi connectivity index (χ3v) is 7.01. The van der Waals surface area contributed by atoms with Crippen LogP contribution in [0, 0.1) is 0 Å². The van der Waals surface area contributed by atoms with Gasteiger partial charge in [-0.1, -0.05) is 42.3 Å². The van der Waals surface area contributed by atoms with Crippen LogP contribution in [0.3, 0.4) is 0 Å². The lowest BCUT2D eigenvalue weighted by Crippen LogP contribution is -2.23. The molecule has 1 aromatic heterocycles. The van der Waals surface area contributed by atoms with Crippen LogP contribution in [0.25, 0.3) is 5.57 Å². The van der Waals surface area contributed by atoms with Gasteiger partial charge in [-0.05, 0) is 36.2 Å². The zero-order valence-electron chi connectivity index (χ0n) is 15.0. The van der Waals surface area contributed by atoms with E-state index < -0.39 is 15.4 Å². The van der Waals surface area contributed by atoms with Crippen molar-refractivity contribution < 1.29 is 13.2 Å². The molecule has 28 heavy (non-hydrogen) atoms. The second-order valence-electron chi connectivity index (χ2n) is 6.39. The Hall–Kier alpha value is -2.09. The first kappa shape index (κ1) is 20.6. The second kappa shape index (κ2) is 8.11. The van der Waals surface area contributed by atoms with Crippen molar-refractivity contribution in [3.63, 3.8) is 0 Å². The number of pyridine rings is 1. The second-order valence-corrected chi connectivity index (χ2v) is 9.45. The summed E-state index contributed by atoms with van der Waals surface area (Å²) in [6.07, 6.45) is 2.86. The van der Waals surface area contributed by atoms with Crippen molar-refractivity contribution in [2.75, 3.05) is 5.75 Å². The lowest BCUT2D eigenvalue weighted by atomic mass is 9.99. The first-order valence-corrected chi connectivity index (χ1v) is 11.0. The van der Waals surface area contributed by atoms with E-state index in [0.717, 1.165) is 0 Å². The molecule has 0 aliphatic carbocycles. The topological polar surface area (TPSA) is 96.1 Å². The monoisotopic (exact) mass is 440 g/mol. The molecule has 9 heteroatoms. The number of sulfone groups is 1. The Morgan fingerprint density at radius 3 is 2.50 bits per heavy atom. The first-order chi connectivity index (χ1) is 13.2. The molecule has 1 atom stereocenters. The lowest BCUT2D eigenvalue weighted by molar-refractivity contribution is -0.119. The van der Waals surface area contributed by atoms with E-state index in [4.69, 9.17) is 23.2 Å². The van der Waals surface area contributed by atoms with Gasteiger partial charge in [0.2, 0.25) is 5.91 Å². The van der Waals surface area contributed by atoms with Gasteiger partial charge < -0.3 is 10.3 Å². The Morgan fingerprint density at radius 1 is 1.18 bits per heavy atom. The summed E-state index contributed by atoms with van der Waals surface area (Å²) < 4.78 is 24.3. The van der Waals surface area contributed by atoms with Gasteiger partial charge in [-0.3, -0.25) is 9.59 Å². The maximum absolute atomic E-state index is 12.2. The summed E-state index contributed by atoms with van der Waals surface area (Å²) in [6.45, 7) is 1.55. The molecule has 1 aliphatic rings. The van der Waals surface area contributed by atoms with Crippen LogP contribution < -0.4 is 10.9 Å². The van der Waals surface area contributed by atoms with Gasteiger partial charge in [0.15, 0.2) is 9.84 Å². The largest absolute Gasteiger partial charge is 0.350 e. The number of benzene rings is 1. The number of aromatic amines is 1. The maximum Gasteiger partial charge on any atom is 0.267 e. The van der Waals surface area contributed by atoms with E-state index in [9.17, 15) is 18.0 Å². The zero-order chi connectivity index (χ0) is 20.5. The molecule has 3 rings (SSSR count). The maximum atomic E-state index is 12.2. The molecule has 1 fully saturated rings. The Morgan fingerprint density at radius 2 is 1.93 bits per heavy atom.